The van der Waals surface area contributed by atoms with E-state index in [1.165, 1.54) is 6.42 Å². The molecule has 30 heteroatoms. The van der Waals surface area contributed by atoms with Crippen LogP contribution in [0.25, 0.3) is 87.2 Å². The Morgan fingerprint density at radius 3 is 1.32 bits per heavy atom. The van der Waals surface area contributed by atoms with Gasteiger partial charge in [-0.2, -0.15) is 25.7 Å². The molecule has 0 atom stereocenters. The summed E-state index contributed by atoms with van der Waals surface area (Å²) >= 11 is 24.8. The van der Waals surface area contributed by atoms with E-state index in [9.17, 15) is 24.0 Å². The molecular weight excluding hydrogens is 1430 g/mol. The lowest BCUT2D eigenvalue weighted by Gasteiger charge is -2.20. The van der Waals surface area contributed by atoms with Gasteiger partial charge >= 0.3 is 0 Å². The number of carbonyl (C=O) groups excluding carboxylic acids is 1. The molecule has 14 rings (SSSR count). The maximum Gasteiger partial charge on any atom is 0.262 e. The number of fused-ring (bicyclic) bond motifs is 12. The number of aromatic nitrogens is 14. The third-order valence-electron chi connectivity index (χ3n) is 19.0. The van der Waals surface area contributed by atoms with Crippen LogP contribution >= 0.6 is 46.4 Å². The molecule has 9 N–H and O–H groups in total. The first-order valence-electron chi connectivity index (χ1n) is 35.7. The van der Waals surface area contributed by atoms with Gasteiger partial charge in [-0.3, -0.25) is 54.3 Å². The molecule has 106 heavy (non-hydrogen) atoms. The van der Waals surface area contributed by atoms with E-state index in [-0.39, 0.29) is 40.5 Å². The number of nitrogens with zero attached hydrogens (tertiary/aromatic N) is 14. The fourth-order valence-corrected chi connectivity index (χ4v) is 14.6. The number of likely N-dealkylation sites (N-methyl/N-ethyl adjacent to an activating group) is 1. The van der Waals surface area contributed by atoms with Crippen LogP contribution in [0.5, 0.6) is 0 Å². The number of halogens is 4. The lowest BCUT2D eigenvalue weighted by atomic mass is 9.89. The van der Waals surface area contributed by atoms with E-state index < -0.39 is 0 Å². The quantitative estimate of drug-likeness (QED) is 0.0276. The number of carbonyl (C=O) groups is 1. The second-order valence-corrected chi connectivity index (χ2v) is 29.2. The number of benzene rings is 4. The molecule has 1 aliphatic carbocycles. The average molecular weight is 1520 g/mol. The Hall–Kier alpha value is -9.40. The minimum atomic E-state index is -0.113. The van der Waals surface area contributed by atoms with Crippen LogP contribution in [0, 0.1) is 17.2 Å². The van der Waals surface area contributed by atoms with Crippen molar-refractivity contribution in [1.29, 1.82) is 5.26 Å². The fourth-order valence-electron chi connectivity index (χ4n) is 13.9. The van der Waals surface area contributed by atoms with Crippen LogP contribution in [-0.2, 0) is 56.7 Å². The number of aryl methyl sites for hydroxylation is 4. The van der Waals surface area contributed by atoms with Gasteiger partial charge in [-0.25, -0.2) is 0 Å². The Balaban J connectivity index is 0.000000142. The van der Waals surface area contributed by atoms with Crippen LogP contribution in [0.4, 0.5) is 0 Å². The van der Waals surface area contributed by atoms with Gasteiger partial charge in [-0.05, 0) is 180 Å². The maximum atomic E-state index is 13.5. The molecule has 0 bridgehead atoms. The first-order chi connectivity index (χ1) is 51.2. The Kier molecular flexibility index (Phi) is 26.2. The highest BCUT2D eigenvalue weighted by atomic mass is 35.5. The van der Waals surface area contributed by atoms with Crippen LogP contribution in [0.3, 0.4) is 0 Å². The first-order valence-corrected chi connectivity index (χ1v) is 37.2. The van der Waals surface area contributed by atoms with Gasteiger partial charge in [0, 0.05) is 136 Å². The normalized spacial score (nSPS) is 12.7. The lowest BCUT2D eigenvalue weighted by molar-refractivity contribution is -0.125. The largest absolute Gasteiger partial charge is 0.356 e. The molecule has 1 amide bonds. The predicted octanol–water partition coefficient (Wildman–Crippen LogP) is 10.5. The summed E-state index contributed by atoms with van der Waals surface area (Å²) in [7, 11) is 12.1. The molecule has 4 aromatic carbocycles. The summed E-state index contributed by atoms with van der Waals surface area (Å²) in [6.45, 7) is 6.47. The molecule has 0 spiro atoms. The molecule has 1 aliphatic rings. The zero-order valence-electron chi connectivity index (χ0n) is 60.5. The highest BCUT2D eigenvalue weighted by Crippen LogP contribution is 2.32. The number of aromatic amines is 4. The van der Waals surface area contributed by atoms with Gasteiger partial charge in [0.2, 0.25) is 5.91 Å². The molecule has 0 unspecified atom stereocenters. The van der Waals surface area contributed by atoms with Crippen LogP contribution in [0.2, 0.25) is 20.1 Å². The van der Waals surface area contributed by atoms with Crippen molar-refractivity contribution >= 4 is 140 Å². The van der Waals surface area contributed by atoms with Crippen molar-refractivity contribution in [3.8, 4) is 6.07 Å². The summed E-state index contributed by atoms with van der Waals surface area (Å²) in [5, 5.41) is 49.6. The van der Waals surface area contributed by atoms with Gasteiger partial charge in [-0.1, -0.05) is 65.7 Å². The average Bonchev–Trinajstić information content (AvgIpc) is 1.60. The van der Waals surface area contributed by atoms with Crippen molar-refractivity contribution in [2.75, 3.05) is 81.6 Å². The third-order valence-corrected chi connectivity index (χ3v) is 20.0. The van der Waals surface area contributed by atoms with E-state index >= 15 is 0 Å². The number of H-pyrrole nitrogens is 4. The van der Waals surface area contributed by atoms with Crippen LogP contribution < -0.4 is 39.0 Å². The van der Waals surface area contributed by atoms with Crippen LogP contribution in [-0.4, -0.2) is 171 Å². The molecule has 0 aliphatic heterocycles. The summed E-state index contributed by atoms with van der Waals surface area (Å²) in [6.07, 6.45) is 15.4. The third kappa shape index (κ3) is 17.7. The Bertz CT molecular complexity index is 5590. The molecule has 1 fully saturated rings. The zero-order valence-corrected chi connectivity index (χ0v) is 63.5. The van der Waals surface area contributed by atoms with E-state index in [1.807, 2.05) is 101 Å². The molecule has 0 radical (unpaired) electrons. The summed E-state index contributed by atoms with van der Waals surface area (Å²) < 4.78 is 7.13. The second kappa shape index (κ2) is 35.8. The van der Waals surface area contributed by atoms with Crippen molar-refractivity contribution in [1.82, 2.24) is 89.0 Å². The van der Waals surface area contributed by atoms with Crippen molar-refractivity contribution in [2.24, 2.45) is 17.4 Å². The number of nitriles is 1. The van der Waals surface area contributed by atoms with Gasteiger partial charge in [0.25, 0.3) is 22.2 Å². The Morgan fingerprint density at radius 1 is 0.519 bits per heavy atom. The van der Waals surface area contributed by atoms with E-state index in [0.717, 1.165) is 119 Å². The van der Waals surface area contributed by atoms with Crippen LogP contribution in [0.15, 0.2) is 111 Å². The van der Waals surface area contributed by atoms with Gasteiger partial charge in [0.05, 0.1) is 73.2 Å². The van der Waals surface area contributed by atoms with Crippen molar-refractivity contribution < 1.29 is 4.79 Å². The minimum Gasteiger partial charge on any atom is -0.356 e. The number of amides is 1. The Morgan fingerprint density at radius 2 is 0.915 bits per heavy atom. The van der Waals surface area contributed by atoms with Crippen molar-refractivity contribution in [3.63, 3.8) is 0 Å². The number of pyridine rings is 4. The van der Waals surface area contributed by atoms with Gasteiger partial charge in [0.1, 0.15) is 22.1 Å². The molecule has 0 saturated heterocycles. The number of rotatable bonds is 24. The zero-order chi connectivity index (χ0) is 75.3. The highest BCUT2D eigenvalue weighted by Gasteiger charge is 2.24. The number of nitrogens with one attached hydrogen (secondary N) is 5. The summed E-state index contributed by atoms with van der Waals surface area (Å²) in [4.78, 5) is 79.8. The molecule has 9 heterocycles. The smallest absolute Gasteiger partial charge is 0.262 e. The summed E-state index contributed by atoms with van der Waals surface area (Å²) in [6, 6.07) is 24.1. The lowest BCUT2D eigenvalue weighted by Crippen LogP contribution is -2.33. The minimum absolute atomic E-state index is 0.0178. The first kappa shape index (κ1) is 77.7. The van der Waals surface area contributed by atoms with Crippen LogP contribution in [0.1, 0.15) is 86.3 Å². The number of hydrogen-bond donors (Lipinski definition) is 7. The molecule has 1 saturated carbocycles. The monoisotopic (exact) mass is 1520 g/mol. The predicted molar refractivity (Wildman–Crippen MR) is 425 cm³/mol. The van der Waals surface area contributed by atoms with E-state index in [2.05, 4.69) is 76.8 Å². The van der Waals surface area contributed by atoms with Crippen molar-refractivity contribution in [2.45, 2.75) is 110 Å². The van der Waals surface area contributed by atoms with Gasteiger partial charge in [-0.15, -0.1) is 0 Å². The van der Waals surface area contributed by atoms with E-state index in [0.29, 0.717) is 153 Å². The second-order valence-electron chi connectivity index (χ2n) is 27.4. The molecule has 26 nitrogen and oxygen atoms in total. The number of hydrogen-bond acceptors (Lipinski definition) is 17. The van der Waals surface area contributed by atoms with E-state index in [1.54, 1.807) is 50.5 Å². The Labute approximate surface area is 630 Å². The SMILES string of the molecule is CN(C)CCCn1c(=O)c2c(CC#N)[nH]nc2c2cc(Cl)ccc21.CN(C)CCCn1c(=O)c2c(CCN)[nH]nc2c2cc(Cl)ccc21.CN(C)CCc1[nH]nc2c1c(=O)n(CCCNC(=O)C1CCCCC1)c1ccc(Cl)cc21.NCCCn1c(=O)c2c(Cc3cnccn3)[nH]nc2c2cc(Cl)ccc21. The fraction of sp³-hybridized carbons (Fsp3) is 0.395. The van der Waals surface area contributed by atoms with Gasteiger partial charge in [0.15, 0.2) is 0 Å². The molecule has 556 valence electrons. The summed E-state index contributed by atoms with van der Waals surface area (Å²) in [5.74, 6) is 0.306. The van der Waals surface area contributed by atoms with Gasteiger partial charge < -0.3 is 49.8 Å². The summed E-state index contributed by atoms with van der Waals surface area (Å²) in [5.41, 5.74) is 20.6. The number of nitrogens with two attached hydrogens (primary N) is 2. The highest BCUT2D eigenvalue weighted by molar-refractivity contribution is 6.33. The molecule has 13 aromatic rings. The molecule has 9 aromatic heterocycles. The van der Waals surface area contributed by atoms with E-state index in [4.69, 9.17) is 63.1 Å². The maximum absolute atomic E-state index is 13.5. The topological polar surface area (TPSA) is 343 Å². The molecular formula is C76H89Cl4N21O5. The standard InChI is InChI=1S/C24H32ClN5O2.C18H17ClN6O.C17H22ClN5O.C17H18ClN5O/c1-29(2)14-11-19-21-22(28-27-19)18-15-17(25)9-10-20(18)30(24(21)32)13-6-12-26-23(31)16-7-4-3-5-8-16;19-11-2-3-15-13(8-11)17-16(18(26)25(15)7-1-4-20)14(23-24-17)9-12-10-21-5-6-22-12;2*1-22(2)8-3-9-23-14-5-4-11(18)10-12(14)16-15(17(23)24)13(6-7-19)20-21-16/h9-10,15-16H,3-8,11-14H2,1-2H3,(H,26,31)(H,27,28);2-3,5-6,8,10H,1,4,7,9,20H2,(H,23,24);4-5,10H,3,6-9,19H2,1-2H3,(H,20,21);4-5,10H,3,6,8-9H2,1-2H3,(H,20,21). The van der Waals surface area contributed by atoms with Crippen molar-refractivity contribution in [3.05, 3.63) is 181 Å².